The zero-order valence-electron chi connectivity index (χ0n) is 16.8. The van der Waals surface area contributed by atoms with E-state index < -0.39 is 16.9 Å². The average Bonchev–Trinajstić information content (AvgIpc) is 2.72. The number of methoxy groups -OCH3 is 1. The van der Waals surface area contributed by atoms with E-state index in [4.69, 9.17) is 9.47 Å². The first kappa shape index (κ1) is 22.3. The molecule has 0 spiro atoms. The summed E-state index contributed by atoms with van der Waals surface area (Å²) in [6.45, 7) is 3.33. The lowest BCUT2D eigenvalue weighted by Crippen LogP contribution is -2.22. The van der Waals surface area contributed by atoms with Gasteiger partial charge in [0, 0.05) is 17.8 Å². The molecule has 0 aromatic heterocycles. The third kappa shape index (κ3) is 6.89. The Balaban J connectivity index is 1.82. The normalized spacial score (nSPS) is 10.8. The molecule has 30 heavy (non-hydrogen) atoms. The number of non-ortho nitro benzene ring substituents is 1. The van der Waals surface area contributed by atoms with E-state index in [1.54, 1.807) is 51.3 Å². The molecule has 2 amide bonds. The molecule has 2 aromatic rings. The maximum atomic E-state index is 12.1. The summed E-state index contributed by atoms with van der Waals surface area (Å²) in [4.78, 5) is 34.2. The molecular weight excluding hydrogens is 392 g/mol. The van der Waals surface area contributed by atoms with Gasteiger partial charge in [-0.1, -0.05) is 18.2 Å². The van der Waals surface area contributed by atoms with Crippen LogP contribution in [0.2, 0.25) is 0 Å². The number of benzene rings is 2. The van der Waals surface area contributed by atoms with Gasteiger partial charge in [0.15, 0.2) is 0 Å². The van der Waals surface area contributed by atoms with Gasteiger partial charge in [0.05, 0.1) is 24.1 Å². The third-order valence-corrected chi connectivity index (χ3v) is 3.99. The van der Waals surface area contributed by atoms with Crippen LogP contribution >= 0.6 is 0 Å². The van der Waals surface area contributed by atoms with Gasteiger partial charge in [0.25, 0.3) is 5.69 Å². The number of amides is 2. The van der Waals surface area contributed by atoms with Crippen LogP contribution < -0.4 is 15.5 Å². The molecule has 0 saturated heterocycles. The third-order valence-electron chi connectivity index (χ3n) is 3.99. The maximum Gasteiger partial charge on any atom is 0.428 e. The number of nitro benzene ring substituents is 1. The minimum Gasteiger partial charge on any atom is -0.497 e. The monoisotopic (exact) mass is 414 g/mol. The molecule has 0 aliphatic rings. The fourth-order valence-corrected chi connectivity index (χ4v) is 2.37. The largest absolute Gasteiger partial charge is 0.497 e. The molecule has 0 aliphatic carbocycles. The van der Waals surface area contributed by atoms with Crippen LogP contribution in [-0.4, -0.2) is 29.7 Å². The van der Waals surface area contributed by atoms with E-state index in [-0.39, 0.29) is 18.7 Å². The van der Waals surface area contributed by atoms with Gasteiger partial charge in [-0.3, -0.25) is 14.9 Å². The minimum absolute atomic E-state index is 0.0525. The second-order valence-electron chi connectivity index (χ2n) is 6.36. The number of ether oxygens (including phenoxy) is 2. The van der Waals surface area contributed by atoms with Crippen LogP contribution in [0.5, 0.6) is 5.75 Å². The number of anilines is 1. The van der Waals surface area contributed by atoms with E-state index in [2.05, 4.69) is 15.8 Å². The summed E-state index contributed by atoms with van der Waals surface area (Å²) in [6.07, 6.45) is -0.874. The van der Waals surface area contributed by atoms with Crippen LogP contribution in [0.3, 0.4) is 0 Å². The molecule has 0 aliphatic heterocycles. The molecule has 158 valence electrons. The molecule has 0 bridgehead atoms. The van der Waals surface area contributed by atoms with Crippen LogP contribution in [0.1, 0.15) is 24.5 Å². The summed E-state index contributed by atoms with van der Waals surface area (Å²) >= 11 is 0. The van der Waals surface area contributed by atoms with E-state index in [1.165, 1.54) is 12.1 Å². The highest BCUT2D eigenvalue weighted by Crippen LogP contribution is 2.22. The number of carbonyl (C=O) groups is 2. The van der Waals surface area contributed by atoms with Crippen molar-refractivity contribution in [1.29, 1.82) is 0 Å². The van der Waals surface area contributed by atoms with Crippen LogP contribution in [0.15, 0.2) is 47.6 Å². The van der Waals surface area contributed by atoms with Crippen LogP contribution in [0.25, 0.3) is 0 Å². The maximum absolute atomic E-state index is 12.1. The summed E-state index contributed by atoms with van der Waals surface area (Å²) < 4.78 is 10.1. The Morgan fingerprint density at radius 3 is 2.50 bits per heavy atom. The molecule has 0 unspecified atom stereocenters. The molecule has 2 N–H and O–H groups in total. The first-order valence-electron chi connectivity index (χ1n) is 8.92. The van der Waals surface area contributed by atoms with Crippen molar-refractivity contribution >= 4 is 29.1 Å². The molecule has 0 fully saturated rings. The first-order chi connectivity index (χ1) is 14.3. The Kier molecular flexibility index (Phi) is 7.86. The van der Waals surface area contributed by atoms with Crippen molar-refractivity contribution in [2.24, 2.45) is 5.10 Å². The van der Waals surface area contributed by atoms with Crippen molar-refractivity contribution in [3.63, 3.8) is 0 Å². The smallest absolute Gasteiger partial charge is 0.428 e. The second-order valence-corrected chi connectivity index (χ2v) is 6.36. The Hall–Kier alpha value is -3.95. The number of rotatable bonds is 8. The Morgan fingerprint density at radius 1 is 1.17 bits per heavy atom. The van der Waals surface area contributed by atoms with Crippen LogP contribution in [-0.2, 0) is 16.1 Å². The van der Waals surface area contributed by atoms with Crippen molar-refractivity contribution in [2.45, 2.75) is 26.9 Å². The molecule has 2 rings (SSSR count). The molecule has 0 saturated carbocycles. The van der Waals surface area contributed by atoms with Gasteiger partial charge in [0.1, 0.15) is 12.4 Å². The van der Waals surface area contributed by atoms with Crippen molar-refractivity contribution < 1.29 is 24.0 Å². The van der Waals surface area contributed by atoms with Crippen LogP contribution in [0, 0.1) is 17.0 Å². The highest BCUT2D eigenvalue weighted by atomic mass is 16.6. The summed E-state index contributed by atoms with van der Waals surface area (Å²) in [5.74, 6) is 0.273. The number of nitrogens with zero attached hydrogens (tertiary/aromatic N) is 2. The number of aryl methyl sites for hydroxylation is 1. The number of carbonyl (C=O) groups excluding carboxylic acids is 2. The van der Waals surface area contributed by atoms with E-state index in [0.717, 1.165) is 5.56 Å². The van der Waals surface area contributed by atoms with E-state index in [0.29, 0.717) is 22.7 Å². The van der Waals surface area contributed by atoms with Gasteiger partial charge in [-0.05, 0) is 37.1 Å². The zero-order chi connectivity index (χ0) is 22.1. The molecule has 0 heterocycles. The second kappa shape index (κ2) is 10.6. The number of hydrogen-bond acceptors (Lipinski definition) is 7. The van der Waals surface area contributed by atoms with E-state index in [1.807, 2.05) is 0 Å². The summed E-state index contributed by atoms with van der Waals surface area (Å²) in [5, 5.41) is 17.3. The predicted octanol–water partition coefficient (Wildman–Crippen LogP) is 3.54. The van der Waals surface area contributed by atoms with E-state index in [9.17, 15) is 19.7 Å². The number of nitrogens with one attached hydrogen (secondary N) is 2. The first-order valence-corrected chi connectivity index (χ1v) is 8.92. The van der Waals surface area contributed by atoms with Crippen molar-refractivity contribution in [2.75, 3.05) is 12.4 Å². The summed E-state index contributed by atoms with van der Waals surface area (Å²) in [5.41, 5.74) is 4.22. The molecule has 10 nitrogen and oxygen atoms in total. The average molecular weight is 414 g/mol. The molecule has 0 atom stereocenters. The van der Waals surface area contributed by atoms with E-state index >= 15 is 0 Å². The molecule has 10 heteroatoms. The molecule has 0 radical (unpaired) electrons. The van der Waals surface area contributed by atoms with Crippen molar-refractivity contribution in [1.82, 2.24) is 5.43 Å². The van der Waals surface area contributed by atoms with Crippen molar-refractivity contribution in [3.8, 4) is 5.75 Å². The van der Waals surface area contributed by atoms with Gasteiger partial charge in [-0.2, -0.15) is 5.10 Å². The summed E-state index contributed by atoms with van der Waals surface area (Å²) in [7, 11) is 1.56. The highest BCUT2D eigenvalue weighted by Gasteiger charge is 2.12. The predicted molar refractivity (Wildman–Crippen MR) is 111 cm³/mol. The SMILES string of the molecule is COc1ccc(COC(=O)N/N=C(\C)CC(=O)Nc2cc([N+](=O)[O-])ccc2C)cc1. The van der Waals surface area contributed by atoms with Gasteiger partial charge >= 0.3 is 6.09 Å². The number of nitro groups is 1. The van der Waals surface area contributed by atoms with Gasteiger partial charge in [-0.25, -0.2) is 10.2 Å². The van der Waals surface area contributed by atoms with Gasteiger partial charge < -0.3 is 14.8 Å². The topological polar surface area (TPSA) is 132 Å². The zero-order valence-corrected chi connectivity index (χ0v) is 16.8. The quantitative estimate of drug-likeness (QED) is 0.386. The van der Waals surface area contributed by atoms with Crippen LogP contribution in [0.4, 0.5) is 16.2 Å². The Labute approximate surface area is 173 Å². The lowest BCUT2D eigenvalue weighted by molar-refractivity contribution is -0.384. The number of hydrogen-bond donors (Lipinski definition) is 2. The van der Waals surface area contributed by atoms with Gasteiger partial charge in [-0.15, -0.1) is 0 Å². The minimum atomic E-state index is -0.764. The lowest BCUT2D eigenvalue weighted by Gasteiger charge is -2.08. The standard InChI is InChI=1S/C20H22N4O6/c1-13-4-7-16(24(27)28)11-18(13)21-19(25)10-14(2)22-23-20(26)30-12-15-5-8-17(29-3)9-6-15/h4-9,11H,10,12H2,1-3H3,(H,21,25)(H,23,26)/b22-14+. The lowest BCUT2D eigenvalue weighted by atomic mass is 10.1. The fraction of sp³-hybridized carbons (Fsp3) is 0.250. The number of hydrazone groups is 1. The Morgan fingerprint density at radius 2 is 1.87 bits per heavy atom. The highest BCUT2D eigenvalue weighted by molar-refractivity contribution is 6.06. The molecular formula is C20H22N4O6. The summed E-state index contributed by atoms with van der Waals surface area (Å²) in [6, 6.07) is 11.2. The molecule has 2 aromatic carbocycles. The van der Waals surface area contributed by atoms with Crippen molar-refractivity contribution in [3.05, 3.63) is 63.7 Å². The Bertz CT molecular complexity index is 956. The fourth-order valence-electron chi connectivity index (χ4n) is 2.37. The van der Waals surface area contributed by atoms with Gasteiger partial charge in [0.2, 0.25) is 5.91 Å².